The molecule has 2 N–H and O–H groups in total. The average molecular weight is 1540 g/mol. The first-order valence-electron chi connectivity index (χ1n) is 33.2. The van der Waals surface area contributed by atoms with Crippen molar-refractivity contribution in [2.24, 2.45) is 0 Å². The Morgan fingerprint density at radius 2 is 0.463 bits per heavy atom. The van der Waals surface area contributed by atoms with Gasteiger partial charge in [-0.3, -0.25) is 76.7 Å². The first-order chi connectivity index (χ1) is 50.8. The van der Waals surface area contributed by atoms with Crippen molar-refractivity contribution in [3.8, 4) is 11.5 Å². The summed E-state index contributed by atoms with van der Waals surface area (Å²) in [7, 11) is 0. The number of hydrogen-bond acceptors (Lipinski definition) is 38. The lowest BCUT2D eigenvalue weighted by Gasteiger charge is -2.48. The molecule has 4 aliphatic rings. The Kier molecular flexibility index (Phi) is 32.2. The molecule has 2 aromatic rings. The minimum Gasteiger partial charge on any atom is -0.463 e. The van der Waals surface area contributed by atoms with Crippen molar-refractivity contribution >= 4 is 107 Å². The normalized spacial score (nSPS) is 27.7. The first kappa shape index (κ1) is 86.2. The smallest absolute Gasteiger partial charge is 0.303 e. The largest absolute Gasteiger partial charge is 0.463 e. The Balaban J connectivity index is 1.16. The first-order valence-corrected chi connectivity index (χ1v) is 33.2. The molecular weight excluding hydrogens is 1450 g/mol. The molecule has 40 nitrogen and oxygen atoms in total. The summed E-state index contributed by atoms with van der Waals surface area (Å²) < 4.78 is 127. The molecule has 0 radical (unpaired) electrons. The van der Waals surface area contributed by atoms with E-state index in [1.165, 1.54) is 48.5 Å². The maximum Gasteiger partial charge on any atom is 0.303 e. The molecule has 0 aliphatic carbocycles. The Hall–Kier alpha value is -10.7. The van der Waals surface area contributed by atoms with E-state index < -0.39 is 245 Å². The van der Waals surface area contributed by atoms with E-state index in [9.17, 15) is 76.7 Å². The van der Waals surface area contributed by atoms with Crippen molar-refractivity contribution in [2.75, 3.05) is 37.1 Å². The molecule has 0 saturated carbocycles. The fourth-order valence-electron chi connectivity index (χ4n) is 11.3. The minimum absolute atomic E-state index is 0.0333. The number of rotatable bonds is 31. The van der Waals surface area contributed by atoms with E-state index in [1.807, 2.05) is 0 Å². The van der Waals surface area contributed by atoms with Crippen LogP contribution in [0.2, 0.25) is 0 Å². The molecule has 4 heterocycles. The molecule has 0 spiro atoms. The SMILES string of the molecule is CC(=O)OC[C@H]1O[C@@H](O[C@H]2[C@H](OC(C)=O)[C@@H](OC(C)=O)[C@H](Oc3ccc(NC(=O)CCC(=O)Nc4ccc(O[C@@H]5O[C@H](COC(C)=O)[C@@H](O[C@@H]6O[C@H](COC(C)=O)[C@@H](OC(C)=O)[C@H](OC(C)=O)[C@H]6OC(C)=O)[C@H](OC(C)=O)[C@H]5OC(C)=O)cc4)cc3)O[C@@H]2COC(C)=O)[C@H](OC(C)=O)[C@@H](OC(C)=O)[C@@H]1OC(C)=O. The van der Waals surface area contributed by atoms with Crippen molar-refractivity contribution in [3.05, 3.63) is 48.5 Å². The van der Waals surface area contributed by atoms with Crippen LogP contribution in [0, 0.1) is 0 Å². The number of benzene rings is 2. The van der Waals surface area contributed by atoms with Gasteiger partial charge < -0.3 is 115 Å². The Morgan fingerprint density at radius 3 is 0.704 bits per heavy atom. The number of amides is 2. The van der Waals surface area contributed by atoms with E-state index in [0.717, 1.165) is 96.9 Å². The highest BCUT2D eigenvalue weighted by Gasteiger charge is 2.60. The lowest BCUT2D eigenvalue weighted by Crippen LogP contribution is -2.67. The van der Waals surface area contributed by atoms with Gasteiger partial charge in [0.1, 0.15) is 74.6 Å². The monoisotopic (exact) mass is 1540 g/mol. The molecule has 6 rings (SSSR count). The van der Waals surface area contributed by atoms with Gasteiger partial charge in [0.15, 0.2) is 61.4 Å². The molecule has 0 aromatic heterocycles. The third-order valence-corrected chi connectivity index (χ3v) is 15.1. The highest BCUT2D eigenvalue weighted by Crippen LogP contribution is 2.39. The van der Waals surface area contributed by atoms with Crippen LogP contribution in [0.25, 0.3) is 0 Å². The molecular formula is C68H84N2O38. The van der Waals surface area contributed by atoms with Crippen LogP contribution < -0.4 is 20.1 Å². The number of anilines is 2. The third kappa shape index (κ3) is 26.7. The zero-order valence-corrected chi connectivity index (χ0v) is 60.9. The second-order valence-corrected chi connectivity index (χ2v) is 24.2. The van der Waals surface area contributed by atoms with E-state index in [0.29, 0.717) is 0 Å². The van der Waals surface area contributed by atoms with Crippen LogP contribution >= 0.6 is 0 Å². The van der Waals surface area contributed by atoms with Crippen LogP contribution in [0.4, 0.5) is 11.4 Å². The van der Waals surface area contributed by atoms with E-state index in [2.05, 4.69) is 10.6 Å². The predicted molar refractivity (Wildman–Crippen MR) is 347 cm³/mol. The lowest BCUT2D eigenvalue weighted by molar-refractivity contribution is -0.354. The molecule has 4 aliphatic heterocycles. The molecule has 4 saturated heterocycles. The molecule has 4 fully saturated rings. The van der Waals surface area contributed by atoms with Gasteiger partial charge in [0.05, 0.1) is 0 Å². The van der Waals surface area contributed by atoms with Gasteiger partial charge in [-0.15, -0.1) is 0 Å². The molecule has 40 heteroatoms. The summed E-state index contributed by atoms with van der Waals surface area (Å²) >= 11 is 0. The van der Waals surface area contributed by atoms with Gasteiger partial charge in [0.2, 0.25) is 36.6 Å². The summed E-state index contributed by atoms with van der Waals surface area (Å²) in [6.07, 6.45) is -35.4. The maximum absolute atomic E-state index is 13.3. The van der Waals surface area contributed by atoms with Crippen molar-refractivity contribution < 1.29 is 181 Å². The van der Waals surface area contributed by atoms with Crippen molar-refractivity contribution in [2.45, 2.75) is 233 Å². The number of hydrogen-bond donors (Lipinski definition) is 2. The third-order valence-electron chi connectivity index (χ3n) is 15.1. The van der Waals surface area contributed by atoms with Gasteiger partial charge in [0, 0.05) is 121 Å². The van der Waals surface area contributed by atoms with Gasteiger partial charge in [0.25, 0.3) is 0 Å². The second kappa shape index (κ2) is 40.3. The number of esters is 14. The van der Waals surface area contributed by atoms with E-state index in [-0.39, 0.29) is 35.7 Å². The molecule has 2 amide bonds. The molecule has 2 aromatic carbocycles. The predicted octanol–water partition coefficient (Wildman–Crippen LogP) is 1.04. The van der Waals surface area contributed by atoms with Crippen LogP contribution in [-0.4, -0.2) is 245 Å². The van der Waals surface area contributed by atoms with Gasteiger partial charge in [-0.1, -0.05) is 0 Å². The lowest BCUT2D eigenvalue weighted by atomic mass is 9.96. The standard InChI is InChI=1S/C68H84N2O38/c1-29(71)87-25-47-53(91-33(5)75)57(93-35(7)77)63(99-41(13)83)67(105-47)107-55-49(27-89-31(3)73)103-65(61(97-39(11)81)59(55)95-37(9)79)101-45-19-15-43(16-20-45)69-51(85)23-24-52(86)70-44-17-21-46(22-18-44)102-66-62(98-40(12)82)60(96-38(10)80)56(50(104-66)28-90-32(4)74)108-68-64(100-42(14)84)58(94-36(8)78)54(92-34(6)76)48(106-68)26-88-30(2)72/h15-22,47-50,53-68H,23-28H2,1-14H3,(H,69,85)(H,70,86)/t47-,48-,49-,50-,53-,54-,55-,56-,57+,58+,59+,60+,61-,62-,63-,64-,65-,66-,67+,68+/m1/s1. The van der Waals surface area contributed by atoms with E-state index in [1.54, 1.807) is 0 Å². The number of carbonyl (C=O) groups excluding carboxylic acids is 16. The molecule has 20 atom stereocenters. The van der Waals surface area contributed by atoms with E-state index >= 15 is 0 Å². The Labute approximate surface area is 615 Å². The molecule has 0 unspecified atom stereocenters. The van der Waals surface area contributed by atoms with Gasteiger partial charge in [-0.2, -0.15) is 0 Å². The van der Waals surface area contributed by atoms with Crippen LogP contribution in [0.3, 0.4) is 0 Å². The summed E-state index contributed by atoms with van der Waals surface area (Å²) in [4.78, 5) is 202. The second-order valence-electron chi connectivity index (χ2n) is 24.2. The van der Waals surface area contributed by atoms with Crippen LogP contribution in [0.15, 0.2) is 48.5 Å². The zero-order chi connectivity index (χ0) is 80.0. The summed E-state index contributed by atoms with van der Waals surface area (Å²) in [5.41, 5.74) is 0.349. The summed E-state index contributed by atoms with van der Waals surface area (Å²) in [6, 6.07) is 10.8. The highest BCUT2D eigenvalue weighted by atomic mass is 16.8. The van der Waals surface area contributed by atoms with Crippen molar-refractivity contribution in [1.29, 1.82) is 0 Å². The summed E-state index contributed by atoms with van der Waals surface area (Å²) in [5.74, 6) is -14.5. The van der Waals surface area contributed by atoms with Crippen LogP contribution in [-0.2, 0) is 171 Å². The van der Waals surface area contributed by atoms with Crippen LogP contribution in [0.5, 0.6) is 11.5 Å². The van der Waals surface area contributed by atoms with Crippen molar-refractivity contribution in [3.63, 3.8) is 0 Å². The quantitative estimate of drug-likeness (QED) is 0.0786. The summed E-state index contributed by atoms with van der Waals surface area (Å²) in [5, 5.41) is 5.26. The van der Waals surface area contributed by atoms with Gasteiger partial charge in [-0.05, 0) is 48.5 Å². The average Bonchev–Trinajstić information content (AvgIpc) is 0.771. The Morgan fingerprint density at radius 1 is 0.259 bits per heavy atom. The van der Waals surface area contributed by atoms with Gasteiger partial charge >= 0.3 is 83.6 Å². The number of carbonyl (C=O) groups is 16. The zero-order valence-electron chi connectivity index (χ0n) is 60.9. The topological polar surface area (TPSA) is 500 Å². The molecule has 108 heavy (non-hydrogen) atoms. The van der Waals surface area contributed by atoms with E-state index in [4.69, 9.17) is 104 Å². The number of ether oxygens (including phenoxy) is 22. The fraction of sp³-hybridized carbons (Fsp3) is 0.588. The fourth-order valence-corrected chi connectivity index (χ4v) is 11.3. The molecule has 594 valence electrons. The molecule has 0 bridgehead atoms. The highest BCUT2D eigenvalue weighted by molar-refractivity contribution is 5.97. The minimum atomic E-state index is -1.94. The number of nitrogens with one attached hydrogen (secondary N) is 2. The Bertz CT molecular complexity index is 3350. The maximum atomic E-state index is 13.3. The van der Waals surface area contributed by atoms with Gasteiger partial charge in [-0.25, -0.2) is 0 Å². The van der Waals surface area contributed by atoms with Crippen LogP contribution in [0.1, 0.15) is 110 Å². The van der Waals surface area contributed by atoms with Crippen molar-refractivity contribution in [1.82, 2.24) is 0 Å². The summed E-state index contributed by atoms with van der Waals surface area (Å²) in [6.45, 7) is 11.4.